The standard InChI is InChI=1S/C17H18N2O6S/c1-3-23-17(22)13-11(14(16(21)19-2)26-15(13)18)9-25-12(20)7-6-10-5-4-8-24-10/h4-8H,3,9,18H2,1-2H3,(H,19,21)/b7-6+. The van der Waals surface area contributed by atoms with Crippen LogP contribution in [0.3, 0.4) is 0 Å². The van der Waals surface area contributed by atoms with Gasteiger partial charge in [-0.3, -0.25) is 4.79 Å². The molecule has 0 saturated heterocycles. The lowest BCUT2D eigenvalue weighted by Crippen LogP contribution is -2.19. The van der Waals surface area contributed by atoms with E-state index in [9.17, 15) is 14.4 Å². The van der Waals surface area contributed by atoms with Gasteiger partial charge in [0.2, 0.25) is 0 Å². The number of nitrogen functional groups attached to an aromatic ring is 1. The Morgan fingerprint density at radius 3 is 2.73 bits per heavy atom. The summed E-state index contributed by atoms with van der Waals surface area (Å²) in [6, 6.07) is 3.35. The molecule has 2 aromatic rings. The Bertz CT molecular complexity index is 823. The molecule has 0 fully saturated rings. The van der Waals surface area contributed by atoms with Gasteiger partial charge in [-0.1, -0.05) is 0 Å². The monoisotopic (exact) mass is 378 g/mol. The number of anilines is 1. The zero-order valence-electron chi connectivity index (χ0n) is 14.2. The van der Waals surface area contributed by atoms with Gasteiger partial charge < -0.3 is 24.9 Å². The van der Waals surface area contributed by atoms with E-state index in [1.807, 2.05) is 0 Å². The van der Waals surface area contributed by atoms with Gasteiger partial charge in [-0.2, -0.15) is 0 Å². The van der Waals surface area contributed by atoms with E-state index in [0.717, 1.165) is 11.3 Å². The summed E-state index contributed by atoms with van der Waals surface area (Å²) in [6.45, 7) is 1.50. The van der Waals surface area contributed by atoms with Crippen molar-refractivity contribution in [1.82, 2.24) is 5.32 Å². The highest BCUT2D eigenvalue weighted by Gasteiger charge is 2.27. The Kier molecular flexibility index (Phi) is 6.56. The molecule has 8 nitrogen and oxygen atoms in total. The molecule has 0 radical (unpaired) electrons. The normalized spacial score (nSPS) is 10.7. The molecule has 2 aromatic heterocycles. The van der Waals surface area contributed by atoms with Crippen LogP contribution in [0.2, 0.25) is 0 Å². The Morgan fingerprint density at radius 2 is 2.12 bits per heavy atom. The number of amides is 1. The molecule has 2 heterocycles. The molecule has 26 heavy (non-hydrogen) atoms. The maximum Gasteiger partial charge on any atom is 0.341 e. The fraction of sp³-hybridized carbons (Fsp3) is 0.235. The highest BCUT2D eigenvalue weighted by molar-refractivity contribution is 7.18. The van der Waals surface area contributed by atoms with Crippen LogP contribution in [-0.2, 0) is 20.9 Å². The van der Waals surface area contributed by atoms with E-state index in [0.29, 0.717) is 5.76 Å². The maximum atomic E-state index is 12.1. The summed E-state index contributed by atoms with van der Waals surface area (Å²) < 4.78 is 15.2. The summed E-state index contributed by atoms with van der Waals surface area (Å²) in [7, 11) is 1.45. The molecule has 0 saturated carbocycles. The molecule has 0 aromatic carbocycles. The minimum atomic E-state index is -0.673. The van der Waals surface area contributed by atoms with Gasteiger partial charge in [-0.15, -0.1) is 11.3 Å². The van der Waals surface area contributed by atoms with Gasteiger partial charge >= 0.3 is 11.9 Å². The van der Waals surface area contributed by atoms with Crippen molar-refractivity contribution in [1.29, 1.82) is 0 Å². The van der Waals surface area contributed by atoms with Crippen molar-refractivity contribution in [2.75, 3.05) is 19.4 Å². The van der Waals surface area contributed by atoms with E-state index in [1.165, 1.54) is 25.5 Å². The SMILES string of the molecule is CCOC(=O)c1c(N)sc(C(=O)NC)c1COC(=O)/C=C/c1ccco1. The second-order valence-electron chi connectivity index (χ2n) is 4.91. The average molecular weight is 378 g/mol. The van der Waals surface area contributed by atoms with Gasteiger partial charge in [0.25, 0.3) is 5.91 Å². The van der Waals surface area contributed by atoms with Crippen LogP contribution in [0.25, 0.3) is 6.08 Å². The molecular formula is C17H18N2O6S. The van der Waals surface area contributed by atoms with E-state index in [-0.39, 0.29) is 34.2 Å². The fourth-order valence-corrected chi connectivity index (χ4v) is 3.08. The van der Waals surface area contributed by atoms with Crippen LogP contribution in [0.15, 0.2) is 28.9 Å². The van der Waals surface area contributed by atoms with Crippen molar-refractivity contribution < 1.29 is 28.3 Å². The molecule has 0 aliphatic carbocycles. The molecule has 2 rings (SSSR count). The Morgan fingerprint density at radius 1 is 1.35 bits per heavy atom. The maximum absolute atomic E-state index is 12.1. The predicted molar refractivity (Wildman–Crippen MR) is 95.6 cm³/mol. The first-order valence-corrected chi connectivity index (χ1v) is 8.48. The molecule has 0 spiro atoms. The molecule has 0 atom stereocenters. The van der Waals surface area contributed by atoms with Crippen LogP contribution in [0, 0.1) is 0 Å². The van der Waals surface area contributed by atoms with Crippen molar-refractivity contribution in [2.45, 2.75) is 13.5 Å². The average Bonchev–Trinajstić information content (AvgIpc) is 3.25. The van der Waals surface area contributed by atoms with E-state index in [2.05, 4.69) is 5.32 Å². The third-order valence-electron chi connectivity index (χ3n) is 3.23. The molecule has 138 valence electrons. The van der Waals surface area contributed by atoms with Crippen LogP contribution < -0.4 is 11.1 Å². The van der Waals surface area contributed by atoms with Crippen molar-refractivity contribution >= 4 is 40.3 Å². The van der Waals surface area contributed by atoms with Crippen molar-refractivity contribution in [3.63, 3.8) is 0 Å². The Balaban J connectivity index is 2.21. The van der Waals surface area contributed by atoms with Gasteiger partial charge in [0.05, 0.1) is 12.9 Å². The third kappa shape index (κ3) is 4.51. The van der Waals surface area contributed by atoms with E-state index in [4.69, 9.17) is 19.6 Å². The number of ether oxygens (including phenoxy) is 2. The predicted octanol–water partition coefficient (Wildman–Crippen LogP) is 2.22. The number of rotatable bonds is 7. The smallest absolute Gasteiger partial charge is 0.341 e. The summed E-state index contributed by atoms with van der Waals surface area (Å²) in [5.41, 5.74) is 6.12. The van der Waals surface area contributed by atoms with E-state index >= 15 is 0 Å². The number of carbonyl (C=O) groups excluding carboxylic acids is 3. The van der Waals surface area contributed by atoms with Gasteiger partial charge in [-0.05, 0) is 25.1 Å². The van der Waals surface area contributed by atoms with Crippen LogP contribution in [0.5, 0.6) is 0 Å². The summed E-state index contributed by atoms with van der Waals surface area (Å²) in [5, 5.41) is 2.59. The first kappa shape index (κ1) is 19.3. The molecule has 1 amide bonds. The number of hydrogen-bond donors (Lipinski definition) is 2. The number of esters is 2. The quantitative estimate of drug-likeness (QED) is 0.560. The van der Waals surface area contributed by atoms with Crippen LogP contribution in [0.1, 0.15) is 38.3 Å². The molecule has 0 aliphatic heterocycles. The molecule has 3 N–H and O–H groups in total. The van der Waals surface area contributed by atoms with Crippen LogP contribution in [0.4, 0.5) is 5.00 Å². The summed E-state index contributed by atoms with van der Waals surface area (Å²) in [4.78, 5) is 36.2. The molecule has 9 heteroatoms. The van der Waals surface area contributed by atoms with E-state index in [1.54, 1.807) is 19.1 Å². The first-order chi connectivity index (χ1) is 12.5. The first-order valence-electron chi connectivity index (χ1n) is 7.66. The largest absolute Gasteiger partial charge is 0.465 e. The molecule has 0 unspecified atom stereocenters. The summed E-state index contributed by atoms with van der Waals surface area (Å²) >= 11 is 0.931. The van der Waals surface area contributed by atoms with Crippen molar-refractivity contribution in [3.05, 3.63) is 46.2 Å². The number of furan rings is 1. The van der Waals surface area contributed by atoms with Crippen molar-refractivity contribution in [3.8, 4) is 0 Å². The minimum Gasteiger partial charge on any atom is -0.465 e. The lowest BCUT2D eigenvalue weighted by atomic mass is 10.1. The second kappa shape index (κ2) is 8.86. The Labute approximate surface area is 153 Å². The minimum absolute atomic E-state index is 0.0401. The molecular weight excluding hydrogens is 360 g/mol. The number of carbonyl (C=O) groups is 3. The van der Waals surface area contributed by atoms with Gasteiger partial charge in [-0.25, -0.2) is 9.59 Å². The topological polar surface area (TPSA) is 121 Å². The highest BCUT2D eigenvalue weighted by Crippen LogP contribution is 2.32. The lowest BCUT2D eigenvalue weighted by molar-refractivity contribution is -0.138. The third-order valence-corrected chi connectivity index (χ3v) is 4.29. The number of thiophene rings is 1. The second-order valence-corrected chi connectivity index (χ2v) is 5.96. The highest BCUT2D eigenvalue weighted by atomic mass is 32.1. The number of nitrogens with one attached hydrogen (secondary N) is 1. The van der Waals surface area contributed by atoms with Gasteiger partial charge in [0.1, 0.15) is 27.8 Å². The van der Waals surface area contributed by atoms with Gasteiger partial charge in [0.15, 0.2) is 0 Å². The zero-order valence-corrected chi connectivity index (χ0v) is 15.1. The number of hydrogen-bond acceptors (Lipinski definition) is 8. The number of nitrogens with two attached hydrogens (primary N) is 1. The van der Waals surface area contributed by atoms with Crippen molar-refractivity contribution in [2.24, 2.45) is 0 Å². The Hall–Kier alpha value is -3.07. The lowest BCUT2D eigenvalue weighted by Gasteiger charge is -2.07. The molecule has 0 bridgehead atoms. The zero-order chi connectivity index (χ0) is 19.1. The van der Waals surface area contributed by atoms with Crippen LogP contribution in [-0.4, -0.2) is 31.5 Å². The summed E-state index contributed by atoms with van der Waals surface area (Å²) in [6.07, 6.45) is 4.09. The van der Waals surface area contributed by atoms with Crippen LogP contribution >= 0.6 is 11.3 Å². The fourth-order valence-electron chi connectivity index (χ4n) is 2.07. The van der Waals surface area contributed by atoms with Gasteiger partial charge in [0, 0.05) is 18.7 Å². The summed E-state index contributed by atoms with van der Waals surface area (Å²) in [5.74, 6) is -1.29. The molecule has 0 aliphatic rings. The van der Waals surface area contributed by atoms with E-state index < -0.39 is 17.8 Å².